The molecule has 2 N–H and O–H groups in total. The average Bonchev–Trinajstić information content (AvgIpc) is 3.35. The molecule has 0 bridgehead atoms. The lowest BCUT2D eigenvalue weighted by atomic mass is 10.1. The van der Waals surface area contributed by atoms with E-state index in [0.717, 1.165) is 18.5 Å². The van der Waals surface area contributed by atoms with Crippen molar-refractivity contribution < 1.29 is 4.39 Å². The Morgan fingerprint density at radius 1 is 1.19 bits per heavy atom. The number of nitriles is 2. The van der Waals surface area contributed by atoms with E-state index in [1.807, 2.05) is 6.07 Å². The van der Waals surface area contributed by atoms with E-state index >= 15 is 0 Å². The molecule has 0 amide bonds. The highest BCUT2D eigenvalue weighted by Crippen LogP contribution is 2.30. The van der Waals surface area contributed by atoms with Gasteiger partial charge in [0.15, 0.2) is 17.2 Å². The van der Waals surface area contributed by atoms with Crippen LogP contribution in [0.5, 0.6) is 0 Å². The Bertz CT molecular complexity index is 1100. The van der Waals surface area contributed by atoms with E-state index in [1.165, 1.54) is 16.8 Å². The molecule has 0 saturated heterocycles. The van der Waals surface area contributed by atoms with E-state index in [-0.39, 0.29) is 5.56 Å². The van der Waals surface area contributed by atoms with Crippen LogP contribution in [0.4, 0.5) is 21.6 Å². The number of nitrogens with one attached hydrogen (secondary N) is 2. The third-order valence-electron chi connectivity index (χ3n) is 4.26. The summed E-state index contributed by atoms with van der Waals surface area (Å²) in [4.78, 5) is 4.26. The number of fused-ring (bicyclic) bond motifs is 1. The van der Waals surface area contributed by atoms with Crippen molar-refractivity contribution in [3.05, 3.63) is 47.0 Å². The lowest BCUT2D eigenvalue weighted by Crippen LogP contribution is -2.08. The smallest absolute Gasteiger partial charge is 0.178 e. The Hall–Kier alpha value is -3.65. The molecule has 0 spiro atoms. The number of nitrogens with zero attached hydrogens (tertiary/aromatic N) is 5. The normalized spacial score (nSPS) is 13.2. The SMILES string of the molecule is Cc1c(F)cc(C#N)cc1Nc1cc(NC2CC2)c2ncc(C#N)n2n1. The van der Waals surface area contributed by atoms with Crippen LogP contribution in [0.2, 0.25) is 0 Å². The molecule has 0 unspecified atom stereocenters. The molecule has 8 heteroatoms. The van der Waals surface area contributed by atoms with Gasteiger partial charge in [-0.15, -0.1) is 5.10 Å². The highest BCUT2D eigenvalue weighted by Gasteiger charge is 2.23. The van der Waals surface area contributed by atoms with Gasteiger partial charge >= 0.3 is 0 Å². The molecule has 1 aliphatic rings. The Morgan fingerprint density at radius 3 is 2.69 bits per heavy atom. The lowest BCUT2D eigenvalue weighted by molar-refractivity contribution is 0.619. The minimum atomic E-state index is -0.468. The summed E-state index contributed by atoms with van der Waals surface area (Å²) in [5.74, 6) is -0.0444. The maximum Gasteiger partial charge on any atom is 0.178 e. The van der Waals surface area contributed by atoms with E-state index in [9.17, 15) is 9.65 Å². The molecular weight excluding hydrogens is 333 g/mol. The third kappa shape index (κ3) is 2.78. The van der Waals surface area contributed by atoms with Gasteiger partial charge in [0.1, 0.15) is 11.9 Å². The molecule has 0 radical (unpaired) electrons. The average molecular weight is 347 g/mol. The Kier molecular flexibility index (Phi) is 3.67. The summed E-state index contributed by atoms with van der Waals surface area (Å²) in [7, 11) is 0. The fourth-order valence-electron chi connectivity index (χ4n) is 2.67. The third-order valence-corrected chi connectivity index (χ3v) is 4.26. The van der Waals surface area contributed by atoms with Gasteiger partial charge in [-0.25, -0.2) is 9.37 Å². The second-order valence-corrected chi connectivity index (χ2v) is 6.22. The standard InChI is InChI=1S/C18H14FN7/c1-10-14(19)4-11(7-20)5-15(10)24-17-6-16(23-12-2-3-12)18-22-9-13(8-21)26(18)25-17/h4-6,9,12,23H,2-3H2,1H3,(H,24,25). The van der Waals surface area contributed by atoms with Gasteiger partial charge in [0.2, 0.25) is 0 Å². The zero-order chi connectivity index (χ0) is 18.3. The molecule has 1 aliphatic carbocycles. The van der Waals surface area contributed by atoms with Gasteiger partial charge in [0.25, 0.3) is 0 Å². The largest absolute Gasteiger partial charge is 0.379 e. The van der Waals surface area contributed by atoms with Crippen molar-refractivity contribution in [2.24, 2.45) is 0 Å². The van der Waals surface area contributed by atoms with Gasteiger partial charge in [-0.2, -0.15) is 15.0 Å². The predicted octanol–water partition coefficient (Wildman–Crippen LogP) is 3.24. The highest BCUT2D eigenvalue weighted by molar-refractivity contribution is 5.74. The van der Waals surface area contributed by atoms with Crippen molar-refractivity contribution in [1.82, 2.24) is 14.6 Å². The first-order valence-corrected chi connectivity index (χ1v) is 8.11. The van der Waals surface area contributed by atoms with Crippen LogP contribution < -0.4 is 10.6 Å². The van der Waals surface area contributed by atoms with Crippen molar-refractivity contribution in [3.63, 3.8) is 0 Å². The molecule has 4 rings (SSSR count). The van der Waals surface area contributed by atoms with Gasteiger partial charge in [-0.3, -0.25) is 0 Å². The zero-order valence-corrected chi connectivity index (χ0v) is 13.9. The minimum Gasteiger partial charge on any atom is -0.379 e. The van der Waals surface area contributed by atoms with Crippen LogP contribution in [0.15, 0.2) is 24.4 Å². The van der Waals surface area contributed by atoms with Crippen molar-refractivity contribution >= 4 is 22.8 Å². The Balaban J connectivity index is 1.80. The number of rotatable bonds is 4. The quantitative estimate of drug-likeness (QED) is 0.751. The van der Waals surface area contributed by atoms with Gasteiger partial charge in [-0.05, 0) is 31.9 Å². The topological polar surface area (TPSA) is 102 Å². The van der Waals surface area contributed by atoms with Gasteiger partial charge in [-0.1, -0.05) is 0 Å². The molecule has 2 aromatic heterocycles. The molecule has 0 aliphatic heterocycles. The summed E-state index contributed by atoms with van der Waals surface area (Å²) in [6.07, 6.45) is 3.63. The van der Waals surface area contributed by atoms with Crippen LogP contribution >= 0.6 is 0 Å². The number of hydrogen-bond donors (Lipinski definition) is 2. The maximum absolute atomic E-state index is 14.0. The van der Waals surface area contributed by atoms with Crippen LogP contribution in [0, 0.1) is 35.4 Å². The number of benzene rings is 1. The Morgan fingerprint density at radius 2 is 2.00 bits per heavy atom. The van der Waals surface area contributed by atoms with E-state index in [1.54, 1.807) is 19.1 Å². The summed E-state index contributed by atoms with van der Waals surface area (Å²) >= 11 is 0. The summed E-state index contributed by atoms with van der Waals surface area (Å²) in [6.45, 7) is 1.62. The number of anilines is 3. The second kappa shape index (κ2) is 6.01. The van der Waals surface area contributed by atoms with E-state index in [4.69, 9.17) is 5.26 Å². The molecule has 7 nitrogen and oxygen atoms in total. The Labute approximate surface area is 148 Å². The summed E-state index contributed by atoms with van der Waals surface area (Å²) in [5, 5.41) is 29.1. The number of aromatic nitrogens is 3. The molecular formula is C18H14FN7. The number of hydrogen-bond acceptors (Lipinski definition) is 6. The molecule has 128 valence electrons. The first-order valence-electron chi connectivity index (χ1n) is 8.11. The first-order chi connectivity index (χ1) is 12.6. The van der Waals surface area contributed by atoms with Crippen molar-refractivity contribution in [2.75, 3.05) is 10.6 Å². The molecule has 1 fully saturated rings. The summed E-state index contributed by atoms with van der Waals surface area (Å²) in [6, 6.07) is 8.92. The van der Waals surface area contributed by atoms with Crippen LogP contribution in [-0.2, 0) is 0 Å². The number of imidazole rings is 1. The first kappa shape index (κ1) is 15.9. The van der Waals surface area contributed by atoms with Crippen LogP contribution in [0.25, 0.3) is 5.65 Å². The molecule has 2 heterocycles. The second-order valence-electron chi connectivity index (χ2n) is 6.22. The van der Waals surface area contributed by atoms with Crippen molar-refractivity contribution in [3.8, 4) is 12.1 Å². The van der Waals surface area contributed by atoms with E-state index in [2.05, 4.69) is 26.8 Å². The van der Waals surface area contributed by atoms with Gasteiger partial charge in [0.05, 0.1) is 23.5 Å². The lowest BCUT2D eigenvalue weighted by Gasteiger charge is -2.13. The molecule has 26 heavy (non-hydrogen) atoms. The number of halogens is 1. The summed E-state index contributed by atoms with van der Waals surface area (Å²) in [5.41, 5.74) is 2.66. The predicted molar refractivity (Wildman–Crippen MR) is 93.5 cm³/mol. The maximum atomic E-state index is 14.0. The van der Waals surface area contributed by atoms with Crippen LogP contribution in [0.3, 0.4) is 0 Å². The van der Waals surface area contributed by atoms with Crippen LogP contribution in [-0.4, -0.2) is 20.6 Å². The van der Waals surface area contributed by atoms with Gasteiger partial charge in [0, 0.05) is 23.4 Å². The fourth-order valence-corrected chi connectivity index (χ4v) is 2.67. The minimum absolute atomic E-state index is 0.216. The molecule has 0 atom stereocenters. The molecule has 1 aromatic carbocycles. The van der Waals surface area contributed by atoms with Crippen molar-refractivity contribution in [2.45, 2.75) is 25.8 Å². The van der Waals surface area contributed by atoms with Crippen molar-refractivity contribution in [1.29, 1.82) is 10.5 Å². The molecule has 3 aromatic rings. The monoisotopic (exact) mass is 347 g/mol. The van der Waals surface area contributed by atoms with E-state index in [0.29, 0.717) is 34.5 Å². The van der Waals surface area contributed by atoms with Gasteiger partial charge < -0.3 is 10.6 Å². The highest BCUT2D eigenvalue weighted by atomic mass is 19.1. The van der Waals surface area contributed by atoms with E-state index < -0.39 is 5.82 Å². The molecule has 1 saturated carbocycles. The fraction of sp³-hybridized carbons (Fsp3) is 0.222. The van der Waals surface area contributed by atoms with Crippen LogP contribution in [0.1, 0.15) is 29.7 Å². The zero-order valence-electron chi connectivity index (χ0n) is 13.9. The summed E-state index contributed by atoms with van der Waals surface area (Å²) < 4.78 is 15.5.